The number of para-hydroxylation sites is 1. The summed E-state index contributed by atoms with van der Waals surface area (Å²) < 4.78 is 7.85. The molecule has 0 bridgehead atoms. The Hall–Kier alpha value is -2.79. The molecule has 0 fully saturated rings. The molecule has 136 valence electrons. The lowest BCUT2D eigenvalue weighted by atomic mass is 10.1. The summed E-state index contributed by atoms with van der Waals surface area (Å²) in [6.07, 6.45) is 2.61. The summed E-state index contributed by atoms with van der Waals surface area (Å²) in [5.74, 6) is 0.833. The fraction of sp³-hybridized carbons (Fsp3) is 0.286. The molecule has 2 aromatic carbocycles. The first-order valence-corrected chi connectivity index (χ1v) is 8.63. The standard InChI is InChI=1S/C21H24N2O3/c1-14-8-15(2)21(16(3)9-14)26-13-18(24)12-23-11-17(10-22-25)19-6-4-5-7-20(19)23/h4-11,18,24-25H,12-13H2,1-3H3/b22-10-. The van der Waals surface area contributed by atoms with Gasteiger partial charge in [-0.1, -0.05) is 41.1 Å². The van der Waals surface area contributed by atoms with Gasteiger partial charge in [0, 0.05) is 22.7 Å². The van der Waals surface area contributed by atoms with E-state index < -0.39 is 6.10 Å². The average Bonchev–Trinajstić information content (AvgIpc) is 2.92. The summed E-state index contributed by atoms with van der Waals surface area (Å²) in [4.78, 5) is 0. The molecule has 0 spiro atoms. The molecule has 0 radical (unpaired) electrons. The van der Waals surface area contributed by atoms with Crippen molar-refractivity contribution in [3.8, 4) is 5.75 Å². The van der Waals surface area contributed by atoms with E-state index in [2.05, 4.69) is 24.2 Å². The monoisotopic (exact) mass is 352 g/mol. The number of ether oxygens (including phenoxy) is 1. The van der Waals surface area contributed by atoms with E-state index in [-0.39, 0.29) is 6.61 Å². The van der Waals surface area contributed by atoms with Gasteiger partial charge in [0.2, 0.25) is 0 Å². The zero-order chi connectivity index (χ0) is 18.7. The van der Waals surface area contributed by atoms with E-state index in [0.717, 1.165) is 33.3 Å². The van der Waals surface area contributed by atoms with Crippen LogP contribution in [0.5, 0.6) is 5.75 Å². The Balaban J connectivity index is 1.75. The van der Waals surface area contributed by atoms with Crippen LogP contribution in [0.25, 0.3) is 10.9 Å². The number of hydrogen-bond donors (Lipinski definition) is 2. The highest BCUT2D eigenvalue weighted by atomic mass is 16.5. The van der Waals surface area contributed by atoms with E-state index in [9.17, 15) is 5.11 Å². The maximum absolute atomic E-state index is 10.5. The molecule has 3 rings (SSSR count). The Morgan fingerprint density at radius 3 is 2.54 bits per heavy atom. The number of aliphatic hydroxyl groups is 1. The van der Waals surface area contributed by atoms with E-state index in [0.29, 0.717) is 6.54 Å². The van der Waals surface area contributed by atoms with Crippen molar-refractivity contribution in [1.29, 1.82) is 0 Å². The third-order valence-corrected chi connectivity index (χ3v) is 4.45. The van der Waals surface area contributed by atoms with Crippen molar-refractivity contribution in [3.05, 3.63) is 64.8 Å². The van der Waals surface area contributed by atoms with Crippen LogP contribution in [-0.2, 0) is 6.54 Å². The summed E-state index contributed by atoms with van der Waals surface area (Å²) >= 11 is 0. The molecule has 5 heteroatoms. The summed E-state index contributed by atoms with van der Waals surface area (Å²) in [5.41, 5.74) is 5.13. The number of hydrogen-bond acceptors (Lipinski definition) is 4. The SMILES string of the molecule is Cc1cc(C)c(OCC(O)Cn2cc(/C=N\O)c3ccccc32)c(C)c1. The average molecular weight is 352 g/mol. The minimum atomic E-state index is -0.662. The molecule has 2 N–H and O–H groups in total. The molecular formula is C21H24N2O3. The van der Waals surface area contributed by atoms with Crippen LogP contribution in [0.4, 0.5) is 0 Å². The lowest BCUT2D eigenvalue weighted by molar-refractivity contribution is 0.0929. The number of fused-ring (bicyclic) bond motifs is 1. The third kappa shape index (κ3) is 3.73. The minimum Gasteiger partial charge on any atom is -0.490 e. The van der Waals surface area contributed by atoms with Gasteiger partial charge in [-0.3, -0.25) is 0 Å². The van der Waals surface area contributed by atoms with Crippen molar-refractivity contribution in [3.63, 3.8) is 0 Å². The molecule has 1 unspecified atom stereocenters. The first kappa shape index (κ1) is 18.0. The van der Waals surface area contributed by atoms with Crippen LogP contribution in [0.15, 0.2) is 47.8 Å². The fourth-order valence-electron chi connectivity index (χ4n) is 3.45. The maximum atomic E-state index is 10.5. The first-order chi connectivity index (χ1) is 12.5. The quantitative estimate of drug-likeness (QED) is 0.403. The predicted molar refractivity (Wildman–Crippen MR) is 103 cm³/mol. The van der Waals surface area contributed by atoms with Gasteiger partial charge in [-0.2, -0.15) is 0 Å². The van der Waals surface area contributed by atoms with Crippen molar-refractivity contribution in [2.24, 2.45) is 5.16 Å². The summed E-state index contributed by atoms with van der Waals surface area (Å²) in [7, 11) is 0. The van der Waals surface area contributed by atoms with Gasteiger partial charge >= 0.3 is 0 Å². The van der Waals surface area contributed by atoms with Gasteiger partial charge in [-0.15, -0.1) is 0 Å². The normalized spacial score (nSPS) is 12.8. The third-order valence-electron chi connectivity index (χ3n) is 4.45. The summed E-state index contributed by atoms with van der Waals surface area (Å²) in [6.45, 7) is 6.69. The highest BCUT2D eigenvalue weighted by Gasteiger charge is 2.13. The van der Waals surface area contributed by atoms with E-state index >= 15 is 0 Å². The van der Waals surface area contributed by atoms with Gasteiger partial charge < -0.3 is 19.6 Å². The van der Waals surface area contributed by atoms with Crippen LogP contribution in [0, 0.1) is 20.8 Å². The molecule has 1 aromatic heterocycles. The number of aryl methyl sites for hydroxylation is 3. The smallest absolute Gasteiger partial charge is 0.125 e. The molecule has 5 nitrogen and oxygen atoms in total. The van der Waals surface area contributed by atoms with E-state index in [4.69, 9.17) is 9.94 Å². The van der Waals surface area contributed by atoms with Crippen molar-refractivity contribution in [2.45, 2.75) is 33.4 Å². The second-order valence-electron chi connectivity index (χ2n) is 6.69. The van der Waals surface area contributed by atoms with Crippen LogP contribution in [-0.4, -0.2) is 33.8 Å². The first-order valence-electron chi connectivity index (χ1n) is 8.63. The number of nitrogens with zero attached hydrogens (tertiary/aromatic N) is 2. The molecule has 0 aliphatic carbocycles. The molecule has 3 aromatic rings. The minimum absolute atomic E-state index is 0.209. The van der Waals surface area contributed by atoms with E-state index in [1.54, 1.807) is 0 Å². The second-order valence-corrected chi connectivity index (χ2v) is 6.69. The van der Waals surface area contributed by atoms with Crippen molar-refractivity contribution in [1.82, 2.24) is 4.57 Å². The zero-order valence-corrected chi connectivity index (χ0v) is 15.3. The van der Waals surface area contributed by atoms with Gasteiger partial charge in [0.15, 0.2) is 0 Å². The van der Waals surface area contributed by atoms with Gasteiger partial charge in [-0.25, -0.2) is 0 Å². The lowest BCUT2D eigenvalue weighted by Crippen LogP contribution is -2.23. The Kier molecular flexibility index (Phi) is 5.28. The number of oxime groups is 1. The van der Waals surface area contributed by atoms with E-state index in [1.807, 2.05) is 48.9 Å². The molecule has 0 amide bonds. The Morgan fingerprint density at radius 1 is 1.15 bits per heavy atom. The summed E-state index contributed by atoms with van der Waals surface area (Å²) in [6, 6.07) is 12.0. The fourth-order valence-corrected chi connectivity index (χ4v) is 3.45. The maximum Gasteiger partial charge on any atom is 0.125 e. The molecule has 0 aliphatic heterocycles. The van der Waals surface area contributed by atoms with Crippen LogP contribution in [0.3, 0.4) is 0 Å². The number of aliphatic hydroxyl groups excluding tert-OH is 1. The van der Waals surface area contributed by atoms with Crippen molar-refractivity contribution < 1.29 is 15.1 Å². The van der Waals surface area contributed by atoms with Crippen LogP contribution in [0.1, 0.15) is 22.3 Å². The van der Waals surface area contributed by atoms with Gasteiger partial charge in [0.1, 0.15) is 18.5 Å². The number of aromatic nitrogens is 1. The molecule has 0 saturated carbocycles. The largest absolute Gasteiger partial charge is 0.490 e. The van der Waals surface area contributed by atoms with Gasteiger partial charge in [-0.05, 0) is 38.0 Å². The predicted octanol–water partition coefficient (Wildman–Crippen LogP) is 3.81. The molecule has 26 heavy (non-hydrogen) atoms. The Bertz CT molecular complexity index is 921. The topological polar surface area (TPSA) is 67.0 Å². The molecular weight excluding hydrogens is 328 g/mol. The second kappa shape index (κ2) is 7.62. The van der Waals surface area contributed by atoms with Gasteiger partial charge in [0.25, 0.3) is 0 Å². The Labute approximate surface area is 153 Å². The lowest BCUT2D eigenvalue weighted by Gasteiger charge is -2.17. The van der Waals surface area contributed by atoms with Crippen LogP contribution >= 0.6 is 0 Å². The molecule has 1 heterocycles. The summed E-state index contributed by atoms with van der Waals surface area (Å²) in [5, 5.41) is 23.4. The Morgan fingerprint density at radius 2 is 1.85 bits per heavy atom. The van der Waals surface area contributed by atoms with Crippen molar-refractivity contribution in [2.75, 3.05) is 6.61 Å². The zero-order valence-electron chi connectivity index (χ0n) is 15.3. The molecule has 0 aliphatic rings. The van der Waals surface area contributed by atoms with Crippen molar-refractivity contribution >= 4 is 17.1 Å². The van der Waals surface area contributed by atoms with Crippen LogP contribution < -0.4 is 4.74 Å². The number of benzene rings is 2. The molecule has 1 atom stereocenters. The number of rotatable bonds is 6. The van der Waals surface area contributed by atoms with Crippen LogP contribution in [0.2, 0.25) is 0 Å². The highest BCUT2D eigenvalue weighted by molar-refractivity contribution is 5.99. The van der Waals surface area contributed by atoms with Gasteiger partial charge in [0.05, 0.1) is 12.8 Å². The molecule has 0 saturated heterocycles. The van der Waals surface area contributed by atoms with E-state index in [1.165, 1.54) is 11.8 Å². The highest BCUT2D eigenvalue weighted by Crippen LogP contribution is 2.25.